The Labute approximate surface area is 109 Å². The van der Waals surface area contributed by atoms with Gasteiger partial charge in [-0.05, 0) is 24.3 Å². The van der Waals surface area contributed by atoms with Crippen LogP contribution in [0.1, 0.15) is 0 Å². The Bertz CT molecular complexity index is 630. The number of aromatic hydroxyl groups is 2. The molecule has 0 radical (unpaired) electrons. The van der Waals surface area contributed by atoms with E-state index in [1.165, 1.54) is 0 Å². The van der Waals surface area contributed by atoms with Crippen molar-refractivity contribution in [1.29, 1.82) is 0 Å². The zero-order chi connectivity index (χ0) is 13.2. The second-order valence-corrected chi connectivity index (χ2v) is 4.04. The molecule has 0 amide bonds. The van der Waals surface area contributed by atoms with E-state index in [1.807, 2.05) is 12.1 Å². The van der Waals surface area contributed by atoms with Crippen molar-refractivity contribution in [2.45, 2.75) is 0 Å². The molecule has 0 aromatic heterocycles. The van der Waals surface area contributed by atoms with Gasteiger partial charge >= 0.3 is 0 Å². The van der Waals surface area contributed by atoms with Crippen LogP contribution in [-0.2, 0) is 0 Å². The third kappa shape index (κ3) is 2.11. The molecule has 2 aromatic rings. The standard InChI is InChI=1S/C13H12N4O2/c18-12-5-1-3-10(7-12)16-9-14-15-17(16)11-4-2-6-13(19)8-11/h1-9,15,18-19H. The topological polar surface area (TPSA) is 71.3 Å². The second-order valence-electron chi connectivity index (χ2n) is 4.04. The fourth-order valence-corrected chi connectivity index (χ4v) is 1.86. The molecular formula is C13H12N4O2. The van der Waals surface area contributed by atoms with Gasteiger partial charge in [-0.15, -0.1) is 5.10 Å². The number of hydrogen-bond donors (Lipinski definition) is 3. The Morgan fingerprint density at radius 2 is 1.53 bits per heavy atom. The van der Waals surface area contributed by atoms with Gasteiger partial charge in [0.25, 0.3) is 0 Å². The highest BCUT2D eigenvalue weighted by Crippen LogP contribution is 2.26. The fraction of sp³-hybridized carbons (Fsp3) is 0. The fourth-order valence-electron chi connectivity index (χ4n) is 1.86. The molecule has 0 unspecified atom stereocenters. The first kappa shape index (κ1) is 11.2. The van der Waals surface area contributed by atoms with Crippen LogP contribution in [0, 0.1) is 0 Å². The molecule has 0 saturated carbocycles. The maximum absolute atomic E-state index is 9.52. The zero-order valence-electron chi connectivity index (χ0n) is 9.93. The highest BCUT2D eigenvalue weighted by atomic mass is 16.3. The van der Waals surface area contributed by atoms with Gasteiger partial charge in [-0.3, -0.25) is 0 Å². The van der Waals surface area contributed by atoms with Gasteiger partial charge in [-0.2, -0.15) is 10.7 Å². The summed E-state index contributed by atoms with van der Waals surface area (Å²) in [6.45, 7) is 0. The van der Waals surface area contributed by atoms with E-state index in [4.69, 9.17) is 0 Å². The van der Waals surface area contributed by atoms with Crippen LogP contribution >= 0.6 is 0 Å². The van der Waals surface area contributed by atoms with Crippen molar-refractivity contribution in [3.63, 3.8) is 0 Å². The summed E-state index contributed by atoms with van der Waals surface area (Å²) in [7, 11) is 0. The van der Waals surface area contributed by atoms with Crippen molar-refractivity contribution in [3.05, 3.63) is 48.5 Å². The van der Waals surface area contributed by atoms with Gasteiger partial charge in [0.15, 0.2) is 0 Å². The maximum Gasteiger partial charge on any atom is 0.139 e. The first-order valence-corrected chi connectivity index (χ1v) is 5.70. The molecule has 2 aromatic carbocycles. The Hall–Kier alpha value is -2.89. The number of phenolic OH excluding ortho intramolecular Hbond substituents is 2. The number of hydrazine groups is 2. The Balaban J connectivity index is 1.95. The van der Waals surface area contributed by atoms with Crippen molar-refractivity contribution in [2.75, 3.05) is 10.1 Å². The molecule has 1 aliphatic heterocycles. The molecule has 3 N–H and O–H groups in total. The Morgan fingerprint density at radius 1 is 0.895 bits per heavy atom. The number of rotatable bonds is 2. The summed E-state index contributed by atoms with van der Waals surface area (Å²) in [5, 5.41) is 26.4. The minimum absolute atomic E-state index is 0.169. The van der Waals surface area contributed by atoms with Gasteiger partial charge in [0.05, 0.1) is 11.4 Å². The van der Waals surface area contributed by atoms with Crippen molar-refractivity contribution in [3.8, 4) is 11.5 Å². The lowest BCUT2D eigenvalue weighted by Crippen LogP contribution is -2.43. The van der Waals surface area contributed by atoms with Crippen LogP contribution in [0.4, 0.5) is 11.4 Å². The van der Waals surface area contributed by atoms with Crippen molar-refractivity contribution in [2.24, 2.45) is 5.10 Å². The van der Waals surface area contributed by atoms with E-state index in [2.05, 4.69) is 10.6 Å². The van der Waals surface area contributed by atoms with Crippen LogP contribution in [-0.4, -0.2) is 16.6 Å². The Kier molecular flexibility index (Phi) is 2.60. The molecule has 19 heavy (non-hydrogen) atoms. The largest absolute Gasteiger partial charge is 0.508 e. The second kappa shape index (κ2) is 4.41. The molecule has 96 valence electrons. The van der Waals surface area contributed by atoms with Gasteiger partial charge in [-0.25, -0.2) is 5.01 Å². The molecule has 0 saturated heterocycles. The van der Waals surface area contributed by atoms with E-state index in [0.717, 1.165) is 11.4 Å². The average Bonchev–Trinajstić information content (AvgIpc) is 2.88. The number of hydrogen-bond acceptors (Lipinski definition) is 6. The third-order valence-corrected chi connectivity index (χ3v) is 2.70. The molecule has 3 rings (SSSR count). The normalized spacial score (nSPS) is 13.7. The number of hydrazone groups is 1. The molecule has 6 heteroatoms. The lowest BCUT2D eigenvalue weighted by Gasteiger charge is -2.28. The number of phenols is 2. The van der Waals surface area contributed by atoms with E-state index >= 15 is 0 Å². The molecule has 1 heterocycles. The van der Waals surface area contributed by atoms with Crippen molar-refractivity contribution >= 4 is 17.7 Å². The molecular weight excluding hydrogens is 244 g/mol. The minimum Gasteiger partial charge on any atom is -0.508 e. The number of benzene rings is 2. The first-order chi connectivity index (χ1) is 9.24. The van der Waals surface area contributed by atoms with Crippen molar-refractivity contribution < 1.29 is 10.2 Å². The van der Waals surface area contributed by atoms with Crippen molar-refractivity contribution in [1.82, 2.24) is 5.53 Å². The number of anilines is 2. The Morgan fingerprint density at radius 3 is 2.21 bits per heavy atom. The zero-order valence-corrected chi connectivity index (χ0v) is 9.93. The number of nitrogens with one attached hydrogen (secondary N) is 1. The summed E-state index contributed by atoms with van der Waals surface area (Å²) in [5.74, 6) is 0.343. The van der Waals surface area contributed by atoms with Gasteiger partial charge in [0, 0.05) is 12.1 Å². The van der Waals surface area contributed by atoms with E-state index in [9.17, 15) is 10.2 Å². The molecule has 0 spiro atoms. The molecule has 0 fully saturated rings. The van der Waals surface area contributed by atoms with Crippen LogP contribution in [0.25, 0.3) is 0 Å². The minimum atomic E-state index is 0.169. The van der Waals surface area contributed by atoms with Crippen LogP contribution < -0.4 is 15.7 Å². The molecule has 0 bridgehead atoms. The van der Waals surface area contributed by atoms with Crippen LogP contribution in [0.5, 0.6) is 11.5 Å². The monoisotopic (exact) mass is 256 g/mol. The van der Waals surface area contributed by atoms with Gasteiger partial charge in [-0.1, -0.05) is 12.1 Å². The quantitative estimate of drug-likeness (QED) is 0.764. The molecule has 6 nitrogen and oxygen atoms in total. The maximum atomic E-state index is 9.52. The predicted octanol–water partition coefficient (Wildman–Crippen LogP) is 1.79. The lowest BCUT2D eigenvalue weighted by molar-refractivity contribution is 0.474. The van der Waals surface area contributed by atoms with E-state index < -0.39 is 0 Å². The predicted molar refractivity (Wildman–Crippen MR) is 72.8 cm³/mol. The van der Waals surface area contributed by atoms with E-state index in [1.54, 1.807) is 52.9 Å². The van der Waals surface area contributed by atoms with Crippen LogP contribution in [0.2, 0.25) is 0 Å². The summed E-state index contributed by atoms with van der Waals surface area (Å²) in [5.41, 5.74) is 4.27. The third-order valence-electron chi connectivity index (χ3n) is 2.70. The smallest absolute Gasteiger partial charge is 0.139 e. The highest BCUT2D eigenvalue weighted by molar-refractivity contribution is 5.85. The SMILES string of the molecule is Oc1cccc(N2C=NNN2c2cccc(O)c2)c1. The summed E-state index contributed by atoms with van der Waals surface area (Å²) in [6.07, 6.45) is 1.58. The van der Waals surface area contributed by atoms with Crippen LogP contribution in [0.3, 0.4) is 0 Å². The van der Waals surface area contributed by atoms with E-state index in [-0.39, 0.29) is 11.5 Å². The van der Waals surface area contributed by atoms with Crippen LogP contribution in [0.15, 0.2) is 53.6 Å². The summed E-state index contributed by atoms with van der Waals surface area (Å²) < 4.78 is 0. The molecule has 0 aliphatic carbocycles. The van der Waals surface area contributed by atoms with Gasteiger partial charge in [0.2, 0.25) is 0 Å². The van der Waals surface area contributed by atoms with E-state index in [0.29, 0.717) is 0 Å². The summed E-state index contributed by atoms with van der Waals surface area (Å²) in [4.78, 5) is 0. The molecule has 0 atom stereocenters. The van der Waals surface area contributed by atoms with Gasteiger partial charge in [0.1, 0.15) is 17.8 Å². The number of nitrogens with zero attached hydrogens (tertiary/aromatic N) is 3. The average molecular weight is 256 g/mol. The lowest BCUT2D eigenvalue weighted by atomic mass is 10.3. The molecule has 1 aliphatic rings. The highest BCUT2D eigenvalue weighted by Gasteiger charge is 2.20. The first-order valence-electron chi connectivity index (χ1n) is 5.70. The van der Waals surface area contributed by atoms with Gasteiger partial charge < -0.3 is 10.2 Å². The summed E-state index contributed by atoms with van der Waals surface area (Å²) in [6, 6.07) is 13.6. The summed E-state index contributed by atoms with van der Waals surface area (Å²) >= 11 is 0.